The van der Waals surface area contributed by atoms with E-state index in [-0.39, 0.29) is 23.0 Å². The van der Waals surface area contributed by atoms with Crippen molar-refractivity contribution >= 4 is 38.2 Å². The first-order chi connectivity index (χ1) is 13.7. The number of anilines is 2. The summed E-state index contributed by atoms with van der Waals surface area (Å²) in [6, 6.07) is 3.29. The van der Waals surface area contributed by atoms with Crippen LogP contribution in [0.5, 0.6) is 0 Å². The molecule has 0 bridgehead atoms. The van der Waals surface area contributed by atoms with Gasteiger partial charge in [0.2, 0.25) is 0 Å². The second-order valence-corrected chi connectivity index (χ2v) is 9.01. The normalized spacial score (nSPS) is 21.0. The van der Waals surface area contributed by atoms with Crippen LogP contribution in [0.2, 0.25) is 0 Å². The maximum absolute atomic E-state index is 14.4. The number of hydrogen-bond donors (Lipinski definition) is 2. The molecule has 1 aliphatic rings. The Labute approximate surface area is 164 Å². The van der Waals surface area contributed by atoms with Gasteiger partial charge in [-0.3, -0.25) is 4.99 Å². The van der Waals surface area contributed by atoms with Gasteiger partial charge in [0.15, 0.2) is 15.7 Å². The van der Waals surface area contributed by atoms with Gasteiger partial charge in [-0.25, -0.2) is 32.2 Å². The maximum Gasteiger partial charge on any atom is 0.162 e. The molecular formula is C18H16F2N6O2S. The number of rotatable bonds is 3. The standard InChI is InChI=1S/C18H16F2N6O2S/c1-9-17(21)25-14(8-29(9,27)28)12-5-15(23-7-13(12)20)26-18-16-10(2-3-22-18)4-11(19)6-24-16/h2-7,9,14H,8H2,1H3,(H2,21,25)(H,22,23,26). The average molecular weight is 418 g/mol. The number of sulfone groups is 1. The summed E-state index contributed by atoms with van der Waals surface area (Å²) in [5, 5.41) is 2.52. The Morgan fingerprint density at radius 2 is 1.97 bits per heavy atom. The van der Waals surface area contributed by atoms with Gasteiger partial charge in [-0.15, -0.1) is 0 Å². The predicted molar refractivity (Wildman–Crippen MR) is 105 cm³/mol. The third-order valence-corrected chi connectivity index (χ3v) is 6.81. The highest BCUT2D eigenvalue weighted by atomic mass is 32.2. The van der Waals surface area contributed by atoms with Gasteiger partial charge in [-0.05, 0) is 25.1 Å². The minimum Gasteiger partial charge on any atom is -0.386 e. The molecule has 150 valence electrons. The molecule has 3 aromatic heterocycles. The lowest BCUT2D eigenvalue weighted by atomic mass is 10.1. The number of hydrogen-bond acceptors (Lipinski definition) is 8. The van der Waals surface area contributed by atoms with E-state index < -0.39 is 32.8 Å². The van der Waals surface area contributed by atoms with Gasteiger partial charge in [-0.1, -0.05) is 0 Å². The van der Waals surface area contributed by atoms with Crippen LogP contribution in [-0.4, -0.2) is 40.2 Å². The molecule has 29 heavy (non-hydrogen) atoms. The van der Waals surface area contributed by atoms with E-state index in [2.05, 4.69) is 25.3 Å². The number of fused-ring (bicyclic) bond motifs is 1. The molecule has 11 heteroatoms. The number of pyridine rings is 3. The van der Waals surface area contributed by atoms with Crippen LogP contribution in [0, 0.1) is 11.6 Å². The van der Waals surface area contributed by atoms with Crippen molar-refractivity contribution < 1.29 is 17.2 Å². The van der Waals surface area contributed by atoms with Crippen LogP contribution in [0.25, 0.3) is 10.9 Å². The number of nitrogens with two attached hydrogens (primary N) is 1. The zero-order chi connectivity index (χ0) is 20.8. The summed E-state index contributed by atoms with van der Waals surface area (Å²) in [4.78, 5) is 16.3. The monoisotopic (exact) mass is 418 g/mol. The first-order valence-corrected chi connectivity index (χ1v) is 10.3. The molecule has 0 amide bonds. The van der Waals surface area contributed by atoms with Gasteiger partial charge in [0.1, 0.15) is 34.1 Å². The minimum absolute atomic E-state index is 0.0418. The van der Waals surface area contributed by atoms with Crippen molar-refractivity contribution in [3.8, 4) is 0 Å². The van der Waals surface area contributed by atoms with Crippen LogP contribution in [0.4, 0.5) is 20.4 Å². The van der Waals surface area contributed by atoms with Crippen LogP contribution < -0.4 is 11.1 Å². The molecule has 1 aliphatic heterocycles. The number of nitrogens with zero attached hydrogens (tertiary/aromatic N) is 4. The van der Waals surface area contributed by atoms with E-state index in [9.17, 15) is 17.2 Å². The third-order valence-electron chi connectivity index (χ3n) is 4.71. The molecule has 0 aliphatic carbocycles. The van der Waals surface area contributed by atoms with Gasteiger partial charge in [0.25, 0.3) is 0 Å². The SMILES string of the molecule is CC1C(N)=NC(c2cc(Nc3nccc4cc(F)cnc34)ncc2F)CS1(=O)=O. The van der Waals surface area contributed by atoms with Crippen LogP contribution in [-0.2, 0) is 9.84 Å². The van der Waals surface area contributed by atoms with Gasteiger partial charge < -0.3 is 11.1 Å². The van der Waals surface area contributed by atoms with Crippen molar-refractivity contribution in [2.75, 3.05) is 11.1 Å². The van der Waals surface area contributed by atoms with Crippen molar-refractivity contribution in [1.29, 1.82) is 0 Å². The molecule has 2 unspecified atom stereocenters. The van der Waals surface area contributed by atoms with Crippen molar-refractivity contribution in [2.24, 2.45) is 10.7 Å². The summed E-state index contributed by atoms with van der Waals surface area (Å²) in [6.07, 6.45) is 3.49. The van der Waals surface area contributed by atoms with Crippen molar-refractivity contribution in [3.63, 3.8) is 0 Å². The zero-order valence-corrected chi connectivity index (χ0v) is 16.0. The van der Waals surface area contributed by atoms with Crippen molar-refractivity contribution in [3.05, 3.63) is 54.0 Å². The quantitative estimate of drug-likeness (QED) is 0.669. The molecule has 3 N–H and O–H groups in total. The highest BCUT2D eigenvalue weighted by molar-refractivity contribution is 7.92. The van der Waals surface area contributed by atoms with E-state index in [0.29, 0.717) is 16.7 Å². The first-order valence-electron chi connectivity index (χ1n) is 8.62. The molecule has 2 atom stereocenters. The largest absolute Gasteiger partial charge is 0.386 e. The highest BCUT2D eigenvalue weighted by Gasteiger charge is 2.35. The fourth-order valence-corrected chi connectivity index (χ4v) is 4.47. The number of halogens is 2. The fraction of sp³-hybridized carbons (Fsp3) is 0.222. The van der Waals surface area contributed by atoms with E-state index >= 15 is 0 Å². The van der Waals surface area contributed by atoms with E-state index in [1.54, 1.807) is 6.07 Å². The summed E-state index contributed by atoms with van der Waals surface area (Å²) < 4.78 is 52.3. The molecule has 8 nitrogen and oxygen atoms in total. The lowest BCUT2D eigenvalue weighted by molar-refractivity contribution is 0.565. The summed E-state index contributed by atoms with van der Waals surface area (Å²) in [5.41, 5.74) is 6.18. The van der Waals surface area contributed by atoms with E-state index in [0.717, 1.165) is 12.4 Å². The number of aromatic nitrogens is 3. The van der Waals surface area contributed by atoms with E-state index in [1.807, 2.05) is 0 Å². The van der Waals surface area contributed by atoms with Crippen molar-refractivity contribution in [1.82, 2.24) is 15.0 Å². The number of amidine groups is 1. The number of nitrogens with one attached hydrogen (secondary N) is 1. The Hall–Kier alpha value is -3.21. The predicted octanol–water partition coefficient (Wildman–Crippen LogP) is 2.26. The molecule has 0 fully saturated rings. The van der Waals surface area contributed by atoms with Gasteiger partial charge in [-0.2, -0.15) is 0 Å². The zero-order valence-electron chi connectivity index (χ0n) is 15.2. The second kappa shape index (κ2) is 6.99. The minimum atomic E-state index is -3.55. The molecule has 0 saturated heterocycles. The Balaban J connectivity index is 1.72. The topological polar surface area (TPSA) is 123 Å². The Bertz CT molecular complexity index is 1250. The first kappa shape index (κ1) is 19.1. The molecule has 4 rings (SSSR count). The smallest absolute Gasteiger partial charge is 0.162 e. The Morgan fingerprint density at radius 3 is 2.72 bits per heavy atom. The molecule has 0 saturated carbocycles. The molecule has 0 radical (unpaired) electrons. The molecule has 0 aromatic carbocycles. The van der Waals surface area contributed by atoms with E-state index in [1.165, 1.54) is 25.3 Å². The maximum atomic E-state index is 14.4. The molecular weight excluding hydrogens is 402 g/mol. The van der Waals surface area contributed by atoms with Crippen LogP contribution >= 0.6 is 0 Å². The average Bonchev–Trinajstić information content (AvgIpc) is 2.67. The third kappa shape index (κ3) is 3.60. The fourth-order valence-electron chi connectivity index (χ4n) is 3.05. The van der Waals surface area contributed by atoms with Crippen LogP contribution in [0.15, 0.2) is 41.8 Å². The summed E-state index contributed by atoms with van der Waals surface area (Å²) in [5.74, 6) is -1.11. The van der Waals surface area contributed by atoms with Gasteiger partial charge in [0.05, 0.1) is 24.2 Å². The summed E-state index contributed by atoms with van der Waals surface area (Å²) in [7, 11) is -3.55. The summed E-state index contributed by atoms with van der Waals surface area (Å²) in [6.45, 7) is 1.45. The van der Waals surface area contributed by atoms with Gasteiger partial charge >= 0.3 is 0 Å². The molecule has 4 heterocycles. The molecule has 3 aromatic rings. The highest BCUT2D eigenvalue weighted by Crippen LogP contribution is 2.30. The van der Waals surface area contributed by atoms with E-state index in [4.69, 9.17) is 5.73 Å². The lowest BCUT2D eigenvalue weighted by Gasteiger charge is -2.24. The summed E-state index contributed by atoms with van der Waals surface area (Å²) >= 11 is 0. The Kier molecular flexibility index (Phi) is 4.61. The van der Waals surface area contributed by atoms with Crippen molar-refractivity contribution in [2.45, 2.75) is 18.2 Å². The number of aliphatic imine (C=N–C) groups is 1. The van der Waals surface area contributed by atoms with Gasteiger partial charge in [0, 0.05) is 17.1 Å². The molecule has 0 spiro atoms. The second-order valence-electron chi connectivity index (χ2n) is 6.64. The lowest BCUT2D eigenvalue weighted by Crippen LogP contribution is -2.40. The van der Waals surface area contributed by atoms with Crippen LogP contribution in [0.1, 0.15) is 18.5 Å². The Morgan fingerprint density at radius 1 is 1.17 bits per heavy atom. The van der Waals surface area contributed by atoms with Crippen LogP contribution in [0.3, 0.4) is 0 Å².